The van der Waals surface area contributed by atoms with Gasteiger partial charge in [-0.2, -0.15) is 0 Å². The van der Waals surface area contributed by atoms with Crippen LogP contribution in [0.2, 0.25) is 0 Å². The second-order valence-corrected chi connectivity index (χ2v) is 5.67. The topological polar surface area (TPSA) is 43.3 Å². The standard InChI is InChI=1S/C12H19N3S/c1-8(2)11(9(3)13)6-10-7-15-4-5-16-12(15)14-10/h4-5,7-9,11H,6,13H2,1-3H3. The van der Waals surface area contributed by atoms with Crippen molar-refractivity contribution in [3.05, 3.63) is 23.5 Å². The van der Waals surface area contributed by atoms with Crippen LogP contribution >= 0.6 is 11.3 Å². The lowest BCUT2D eigenvalue weighted by molar-refractivity contribution is 0.328. The second-order valence-electron chi connectivity index (χ2n) is 4.80. The van der Waals surface area contributed by atoms with Crippen LogP contribution in [-0.2, 0) is 6.42 Å². The van der Waals surface area contributed by atoms with Gasteiger partial charge in [0.2, 0.25) is 0 Å². The average Bonchev–Trinajstić information content (AvgIpc) is 2.71. The molecule has 2 unspecified atom stereocenters. The normalized spacial score (nSPS) is 15.8. The summed E-state index contributed by atoms with van der Waals surface area (Å²) in [5.41, 5.74) is 7.18. The molecular weight excluding hydrogens is 218 g/mol. The number of aromatic nitrogens is 2. The van der Waals surface area contributed by atoms with Crippen molar-refractivity contribution in [2.45, 2.75) is 33.2 Å². The lowest BCUT2D eigenvalue weighted by Gasteiger charge is -2.23. The van der Waals surface area contributed by atoms with E-state index in [1.165, 1.54) is 0 Å². The Morgan fingerprint density at radius 2 is 2.19 bits per heavy atom. The summed E-state index contributed by atoms with van der Waals surface area (Å²) in [7, 11) is 0. The van der Waals surface area contributed by atoms with Crippen molar-refractivity contribution >= 4 is 16.3 Å². The highest BCUT2D eigenvalue weighted by molar-refractivity contribution is 7.15. The molecule has 0 aromatic carbocycles. The van der Waals surface area contributed by atoms with Gasteiger partial charge in [-0.3, -0.25) is 4.40 Å². The fourth-order valence-corrected chi connectivity index (χ4v) is 2.86. The van der Waals surface area contributed by atoms with Gasteiger partial charge in [0.25, 0.3) is 0 Å². The summed E-state index contributed by atoms with van der Waals surface area (Å²) in [6, 6.07) is 0.222. The first-order chi connectivity index (χ1) is 7.58. The van der Waals surface area contributed by atoms with Crippen molar-refractivity contribution < 1.29 is 0 Å². The molecule has 0 aliphatic carbocycles. The van der Waals surface area contributed by atoms with Crippen molar-refractivity contribution in [1.82, 2.24) is 9.38 Å². The maximum atomic E-state index is 6.02. The molecule has 0 bridgehead atoms. The van der Waals surface area contributed by atoms with Gasteiger partial charge in [-0.1, -0.05) is 13.8 Å². The van der Waals surface area contributed by atoms with Crippen LogP contribution < -0.4 is 5.73 Å². The Hall–Kier alpha value is -0.870. The number of nitrogens with zero attached hydrogens (tertiary/aromatic N) is 2. The Balaban J connectivity index is 2.16. The minimum absolute atomic E-state index is 0.222. The van der Waals surface area contributed by atoms with E-state index in [4.69, 9.17) is 5.73 Å². The van der Waals surface area contributed by atoms with Crippen LogP contribution in [0.4, 0.5) is 0 Å². The van der Waals surface area contributed by atoms with Crippen LogP contribution in [0.3, 0.4) is 0 Å². The molecule has 0 saturated carbocycles. The molecule has 0 aliphatic heterocycles. The summed E-state index contributed by atoms with van der Waals surface area (Å²) in [6.07, 6.45) is 5.14. The third-order valence-electron chi connectivity index (χ3n) is 3.12. The number of imidazole rings is 1. The van der Waals surface area contributed by atoms with Crippen molar-refractivity contribution in [3.63, 3.8) is 0 Å². The number of rotatable bonds is 4. The minimum Gasteiger partial charge on any atom is -0.328 e. The maximum Gasteiger partial charge on any atom is 0.193 e. The van der Waals surface area contributed by atoms with E-state index in [9.17, 15) is 0 Å². The number of nitrogens with two attached hydrogens (primary N) is 1. The third-order valence-corrected chi connectivity index (χ3v) is 3.89. The van der Waals surface area contributed by atoms with E-state index in [-0.39, 0.29) is 6.04 Å². The van der Waals surface area contributed by atoms with Crippen LogP contribution in [0.15, 0.2) is 17.8 Å². The van der Waals surface area contributed by atoms with Gasteiger partial charge >= 0.3 is 0 Å². The van der Waals surface area contributed by atoms with Crippen LogP contribution in [0.1, 0.15) is 26.5 Å². The summed E-state index contributed by atoms with van der Waals surface area (Å²) in [6.45, 7) is 6.54. The van der Waals surface area contributed by atoms with Gasteiger partial charge in [-0.15, -0.1) is 11.3 Å². The quantitative estimate of drug-likeness (QED) is 0.888. The third kappa shape index (κ3) is 2.28. The first-order valence-corrected chi connectivity index (χ1v) is 6.62. The predicted molar refractivity (Wildman–Crippen MR) is 68.8 cm³/mol. The summed E-state index contributed by atoms with van der Waals surface area (Å²) >= 11 is 1.67. The van der Waals surface area contributed by atoms with Crippen molar-refractivity contribution in [2.75, 3.05) is 0 Å². The van der Waals surface area contributed by atoms with Gasteiger partial charge in [0, 0.05) is 23.8 Å². The molecule has 4 heteroatoms. The summed E-state index contributed by atoms with van der Waals surface area (Å²) in [5.74, 6) is 1.10. The number of thiazole rings is 1. The monoisotopic (exact) mass is 237 g/mol. The Morgan fingerprint density at radius 3 is 2.75 bits per heavy atom. The molecule has 2 aromatic rings. The van der Waals surface area contributed by atoms with Crippen LogP contribution in [0.25, 0.3) is 4.96 Å². The fraction of sp³-hybridized carbons (Fsp3) is 0.583. The van der Waals surface area contributed by atoms with E-state index in [0.29, 0.717) is 11.8 Å². The first-order valence-electron chi connectivity index (χ1n) is 5.74. The van der Waals surface area contributed by atoms with E-state index < -0.39 is 0 Å². The molecule has 0 fully saturated rings. The van der Waals surface area contributed by atoms with E-state index >= 15 is 0 Å². The molecule has 0 radical (unpaired) electrons. The maximum absolute atomic E-state index is 6.02. The van der Waals surface area contributed by atoms with Crippen molar-refractivity contribution in [1.29, 1.82) is 0 Å². The van der Waals surface area contributed by atoms with Crippen LogP contribution in [0.5, 0.6) is 0 Å². The SMILES string of the molecule is CC(C)C(Cc1cn2ccsc2n1)C(C)N. The molecule has 0 spiro atoms. The number of hydrogen-bond acceptors (Lipinski definition) is 3. The average molecular weight is 237 g/mol. The Kier molecular flexibility index (Phi) is 3.30. The van der Waals surface area contributed by atoms with E-state index in [2.05, 4.69) is 41.7 Å². The molecule has 0 amide bonds. The summed E-state index contributed by atoms with van der Waals surface area (Å²) in [5, 5.41) is 2.05. The molecule has 0 saturated heterocycles. The molecule has 2 aromatic heterocycles. The van der Waals surface area contributed by atoms with Gasteiger partial charge < -0.3 is 5.73 Å². The number of fused-ring (bicyclic) bond motifs is 1. The molecule has 0 aliphatic rings. The van der Waals surface area contributed by atoms with Gasteiger partial charge in [0.1, 0.15) is 0 Å². The molecule has 2 N–H and O–H groups in total. The van der Waals surface area contributed by atoms with Gasteiger partial charge in [-0.25, -0.2) is 4.98 Å². The smallest absolute Gasteiger partial charge is 0.193 e. The van der Waals surface area contributed by atoms with Gasteiger partial charge in [0.15, 0.2) is 4.96 Å². The van der Waals surface area contributed by atoms with Gasteiger partial charge in [-0.05, 0) is 25.2 Å². The summed E-state index contributed by atoms with van der Waals surface area (Å²) < 4.78 is 2.08. The van der Waals surface area contributed by atoms with Crippen LogP contribution in [0, 0.1) is 11.8 Å². The minimum atomic E-state index is 0.222. The Bertz CT molecular complexity index is 419. The predicted octanol–water partition coefficient (Wildman–Crippen LogP) is 2.56. The summed E-state index contributed by atoms with van der Waals surface area (Å²) in [4.78, 5) is 5.67. The largest absolute Gasteiger partial charge is 0.328 e. The van der Waals surface area contributed by atoms with E-state index in [0.717, 1.165) is 17.1 Å². The second kappa shape index (κ2) is 4.55. The van der Waals surface area contributed by atoms with Gasteiger partial charge in [0.05, 0.1) is 5.69 Å². The lowest BCUT2D eigenvalue weighted by Crippen LogP contribution is -2.32. The zero-order valence-corrected chi connectivity index (χ0v) is 10.9. The highest BCUT2D eigenvalue weighted by Crippen LogP contribution is 2.21. The molecule has 16 heavy (non-hydrogen) atoms. The zero-order valence-electron chi connectivity index (χ0n) is 10.1. The molecular formula is C12H19N3S. The molecule has 3 nitrogen and oxygen atoms in total. The Morgan fingerprint density at radius 1 is 1.44 bits per heavy atom. The zero-order chi connectivity index (χ0) is 11.7. The van der Waals surface area contributed by atoms with Crippen molar-refractivity contribution in [3.8, 4) is 0 Å². The lowest BCUT2D eigenvalue weighted by atomic mass is 9.86. The van der Waals surface area contributed by atoms with Crippen molar-refractivity contribution in [2.24, 2.45) is 17.6 Å². The highest BCUT2D eigenvalue weighted by atomic mass is 32.1. The molecule has 88 valence electrons. The first kappa shape index (κ1) is 11.6. The fourth-order valence-electron chi connectivity index (χ4n) is 2.14. The molecule has 2 rings (SSSR count). The highest BCUT2D eigenvalue weighted by Gasteiger charge is 2.19. The Labute approximate surface area is 100 Å². The van der Waals surface area contributed by atoms with E-state index in [1.54, 1.807) is 11.3 Å². The molecule has 2 atom stereocenters. The number of hydrogen-bond donors (Lipinski definition) is 1. The van der Waals surface area contributed by atoms with E-state index in [1.807, 2.05) is 6.20 Å². The van der Waals surface area contributed by atoms with Crippen LogP contribution in [-0.4, -0.2) is 15.4 Å². The molecule has 2 heterocycles.